The van der Waals surface area contributed by atoms with Gasteiger partial charge in [0.1, 0.15) is 24.0 Å². The summed E-state index contributed by atoms with van der Waals surface area (Å²) in [6.07, 6.45) is 1.33. The van der Waals surface area contributed by atoms with Gasteiger partial charge in [0.05, 0.1) is 20.8 Å². The summed E-state index contributed by atoms with van der Waals surface area (Å²) < 4.78 is 7.00. The van der Waals surface area contributed by atoms with Crippen molar-refractivity contribution in [1.82, 2.24) is 20.2 Å². The van der Waals surface area contributed by atoms with Gasteiger partial charge in [-0.1, -0.05) is 46.9 Å². The lowest BCUT2D eigenvalue weighted by Crippen LogP contribution is -2.32. The van der Waals surface area contributed by atoms with Crippen LogP contribution in [0.1, 0.15) is 48.8 Å². The number of fused-ring (bicyclic) bond motifs is 2. The number of nitrogens with one attached hydrogen (secondary N) is 2. The van der Waals surface area contributed by atoms with E-state index in [9.17, 15) is 20.0 Å². The average molecular weight is 687 g/mol. The van der Waals surface area contributed by atoms with Crippen molar-refractivity contribution >= 4 is 66.4 Å². The van der Waals surface area contributed by atoms with E-state index >= 15 is 0 Å². The van der Waals surface area contributed by atoms with Crippen LogP contribution in [0.3, 0.4) is 0 Å². The molecule has 0 saturated heterocycles. The molecule has 0 atom stereocenters. The number of aromatic nitrogens is 4. The number of nitriles is 1. The molecule has 6 aromatic rings. The molecule has 14 heteroatoms. The molecule has 49 heavy (non-hydrogen) atoms. The van der Waals surface area contributed by atoms with E-state index < -0.39 is 5.97 Å². The molecule has 242 valence electrons. The van der Waals surface area contributed by atoms with Crippen molar-refractivity contribution in [3.05, 3.63) is 105 Å². The molecule has 1 amide bonds. The summed E-state index contributed by atoms with van der Waals surface area (Å²) in [5.41, 5.74) is 12.7. The SMILES string of the molecule is N#Cc1c(N)n[nH]c1-c1ccc(OCC2=C(c3sc(N4CCc5cccc(C(=O)Nc6nc7ccccc7s6)c5C4)nc3C(=O)O)C2)cc1. The number of nitrogens with two attached hydrogens (primary N) is 1. The fourth-order valence-electron chi connectivity index (χ4n) is 5.96. The normalized spacial score (nSPS) is 13.7. The minimum atomic E-state index is -1.09. The Bertz CT molecular complexity index is 2330. The lowest BCUT2D eigenvalue weighted by molar-refractivity contribution is 0.0691. The van der Waals surface area contributed by atoms with Gasteiger partial charge in [-0.05, 0) is 77.6 Å². The van der Waals surface area contributed by atoms with E-state index in [-0.39, 0.29) is 17.4 Å². The number of ether oxygens (including phenoxy) is 1. The van der Waals surface area contributed by atoms with E-state index in [1.165, 1.54) is 22.7 Å². The highest BCUT2D eigenvalue weighted by Gasteiger charge is 2.33. The molecule has 1 aliphatic heterocycles. The van der Waals surface area contributed by atoms with Gasteiger partial charge in [0.15, 0.2) is 21.8 Å². The van der Waals surface area contributed by atoms with Gasteiger partial charge < -0.3 is 20.5 Å². The van der Waals surface area contributed by atoms with Crippen molar-refractivity contribution in [1.29, 1.82) is 5.26 Å². The highest BCUT2D eigenvalue weighted by atomic mass is 32.1. The monoisotopic (exact) mass is 686 g/mol. The highest BCUT2D eigenvalue weighted by Crippen LogP contribution is 2.46. The molecule has 0 fully saturated rings. The average Bonchev–Trinajstić information content (AvgIpc) is 3.40. The smallest absolute Gasteiger partial charge is 0.356 e. The quantitative estimate of drug-likeness (QED) is 0.134. The second-order valence-electron chi connectivity index (χ2n) is 11.6. The Kier molecular flexibility index (Phi) is 7.55. The van der Waals surface area contributed by atoms with Crippen molar-refractivity contribution in [3.63, 3.8) is 0 Å². The Balaban J connectivity index is 0.977. The molecule has 5 N–H and O–H groups in total. The summed E-state index contributed by atoms with van der Waals surface area (Å²) in [6, 6.07) is 22.8. The van der Waals surface area contributed by atoms with E-state index in [0.29, 0.717) is 70.2 Å². The van der Waals surface area contributed by atoms with Crippen LogP contribution < -0.4 is 20.7 Å². The van der Waals surface area contributed by atoms with E-state index in [1.807, 2.05) is 59.5 Å². The van der Waals surface area contributed by atoms with Gasteiger partial charge in [-0.2, -0.15) is 10.4 Å². The van der Waals surface area contributed by atoms with Crippen molar-refractivity contribution in [2.24, 2.45) is 0 Å². The zero-order valence-corrected chi connectivity index (χ0v) is 27.3. The zero-order valence-electron chi connectivity index (χ0n) is 25.7. The van der Waals surface area contributed by atoms with Gasteiger partial charge in [-0.25, -0.2) is 14.8 Å². The maximum atomic E-state index is 13.5. The summed E-state index contributed by atoms with van der Waals surface area (Å²) in [4.78, 5) is 37.5. The number of aromatic amines is 1. The minimum absolute atomic E-state index is 0.0224. The topological polar surface area (TPSA) is 183 Å². The number of rotatable bonds is 9. The standard InChI is InChI=1S/C35H26N8O4S2/c36-15-24-28(41-42-31(24)37)19-8-10-21(11-9-19)47-17-20-14-23(20)30-29(33(45)46)39-35(49-30)43-13-12-18-4-3-5-22(25(18)16-43)32(44)40-34-38-26-6-1-2-7-27(26)48-34/h1-11H,12-14,16-17H2,(H,45,46)(H3,37,41,42)(H,38,40,44). The predicted octanol–water partition coefficient (Wildman–Crippen LogP) is 6.35. The number of nitrogens with zero attached hydrogens (tertiary/aromatic N) is 5. The molecule has 0 radical (unpaired) electrons. The van der Waals surface area contributed by atoms with E-state index in [0.717, 1.165) is 38.1 Å². The Morgan fingerprint density at radius 1 is 1.08 bits per heavy atom. The molecule has 3 aromatic carbocycles. The molecule has 3 aromatic heterocycles. The fourth-order valence-corrected chi connectivity index (χ4v) is 7.99. The number of thiazole rings is 2. The number of carboxylic acids is 1. The summed E-state index contributed by atoms with van der Waals surface area (Å²) in [7, 11) is 0. The number of hydrogen-bond acceptors (Lipinski definition) is 11. The third kappa shape index (κ3) is 5.75. The number of carbonyl (C=O) groups is 2. The number of anilines is 3. The molecule has 0 spiro atoms. The first-order chi connectivity index (χ1) is 23.9. The van der Waals surface area contributed by atoms with Gasteiger partial charge in [0.25, 0.3) is 5.91 Å². The maximum absolute atomic E-state index is 13.5. The summed E-state index contributed by atoms with van der Waals surface area (Å²) in [5.74, 6) is -0.537. The number of carboxylic acid groups (broad SMARTS) is 1. The predicted molar refractivity (Wildman–Crippen MR) is 188 cm³/mol. The van der Waals surface area contributed by atoms with Crippen LogP contribution in [-0.4, -0.2) is 50.3 Å². The van der Waals surface area contributed by atoms with Crippen LogP contribution in [0.25, 0.3) is 27.0 Å². The number of nitrogen functional groups attached to an aromatic ring is 1. The number of hydrogen-bond donors (Lipinski definition) is 4. The summed E-state index contributed by atoms with van der Waals surface area (Å²) >= 11 is 2.78. The van der Waals surface area contributed by atoms with Crippen molar-refractivity contribution in [3.8, 4) is 23.1 Å². The van der Waals surface area contributed by atoms with Crippen LogP contribution in [0.4, 0.5) is 16.1 Å². The number of aromatic carboxylic acids is 1. The third-order valence-electron chi connectivity index (χ3n) is 8.55. The Labute approximate surface area is 287 Å². The molecular formula is C35H26N8O4S2. The first-order valence-corrected chi connectivity index (χ1v) is 16.9. The lowest BCUT2D eigenvalue weighted by Gasteiger charge is -2.29. The Morgan fingerprint density at radius 2 is 1.92 bits per heavy atom. The zero-order chi connectivity index (χ0) is 33.6. The van der Waals surface area contributed by atoms with Crippen molar-refractivity contribution in [2.75, 3.05) is 29.1 Å². The van der Waals surface area contributed by atoms with Crippen LogP contribution in [-0.2, 0) is 13.0 Å². The van der Waals surface area contributed by atoms with Gasteiger partial charge in [-0.3, -0.25) is 15.2 Å². The van der Waals surface area contributed by atoms with Crippen molar-refractivity contribution in [2.45, 2.75) is 19.4 Å². The molecular weight excluding hydrogens is 661 g/mol. The number of allylic oxidation sites excluding steroid dienone is 1. The second kappa shape index (κ2) is 12.2. The molecule has 8 rings (SSSR count). The number of carbonyl (C=O) groups excluding carboxylic acids is 1. The highest BCUT2D eigenvalue weighted by molar-refractivity contribution is 7.22. The Morgan fingerprint density at radius 3 is 2.71 bits per heavy atom. The second-order valence-corrected chi connectivity index (χ2v) is 13.6. The molecule has 1 aliphatic carbocycles. The molecule has 4 heterocycles. The van der Waals surface area contributed by atoms with E-state index in [2.05, 4.69) is 31.6 Å². The van der Waals surface area contributed by atoms with Crippen LogP contribution in [0.15, 0.2) is 72.3 Å². The lowest BCUT2D eigenvalue weighted by atomic mass is 9.94. The fraction of sp³-hybridized carbons (Fsp3) is 0.143. The number of amides is 1. The van der Waals surface area contributed by atoms with Crippen molar-refractivity contribution < 1.29 is 19.4 Å². The third-order valence-corrected chi connectivity index (χ3v) is 10.7. The van der Waals surface area contributed by atoms with E-state index in [1.54, 1.807) is 12.1 Å². The largest absolute Gasteiger partial charge is 0.489 e. The molecule has 0 unspecified atom stereocenters. The number of benzene rings is 3. The first-order valence-electron chi connectivity index (χ1n) is 15.3. The maximum Gasteiger partial charge on any atom is 0.356 e. The van der Waals surface area contributed by atoms with Gasteiger partial charge in [0, 0.05) is 24.2 Å². The van der Waals surface area contributed by atoms with Crippen LogP contribution >= 0.6 is 22.7 Å². The Hall–Kier alpha value is -6.04. The first kappa shape index (κ1) is 30.3. The molecule has 2 aliphatic rings. The number of H-pyrrole nitrogens is 1. The van der Waals surface area contributed by atoms with Crippen LogP contribution in [0, 0.1) is 11.3 Å². The van der Waals surface area contributed by atoms with E-state index in [4.69, 9.17) is 10.5 Å². The summed E-state index contributed by atoms with van der Waals surface area (Å²) in [5, 5.41) is 30.2. The molecule has 0 bridgehead atoms. The number of para-hydroxylation sites is 1. The molecule has 0 saturated carbocycles. The van der Waals surface area contributed by atoms with Gasteiger partial charge >= 0.3 is 5.97 Å². The van der Waals surface area contributed by atoms with Gasteiger partial charge in [-0.15, -0.1) is 0 Å². The van der Waals surface area contributed by atoms with Crippen LogP contribution in [0.2, 0.25) is 0 Å². The molecule has 12 nitrogen and oxygen atoms in total. The van der Waals surface area contributed by atoms with Crippen LogP contribution in [0.5, 0.6) is 5.75 Å². The summed E-state index contributed by atoms with van der Waals surface area (Å²) in [6.45, 7) is 1.39. The minimum Gasteiger partial charge on any atom is -0.489 e. The van der Waals surface area contributed by atoms with Gasteiger partial charge in [0.2, 0.25) is 0 Å².